The monoisotopic (exact) mass is 240 g/mol. The van der Waals surface area contributed by atoms with Crippen LogP contribution in [0.1, 0.15) is 18.4 Å². The summed E-state index contributed by atoms with van der Waals surface area (Å²) < 4.78 is 0. The summed E-state index contributed by atoms with van der Waals surface area (Å²) in [5, 5.41) is 0. The molecule has 3 nitrogen and oxygen atoms in total. The van der Waals surface area contributed by atoms with Gasteiger partial charge in [-0.1, -0.05) is 36.4 Å². The van der Waals surface area contributed by atoms with Crippen molar-refractivity contribution >= 4 is 11.4 Å². The van der Waals surface area contributed by atoms with Crippen LogP contribution in [-0.2, 0) is 10.4 Å². The van der Waals surface area contributed by atoms with Gasteiger partial charge in [0.25, 0.3) is 0 Å². The van der Waals surface area contributed by atoms with Crippen molar-refractivity contribution in [3.8, 4) is 0 Å². The van der Waals surface area contributed by atoms with Gasteiger partial charge >= 0.3 is 0 Å². The van der Waals surface area contributed by atoms with E-state index in [1.165, 1.54) is 0 Å². The van der Waals surface area contributed by atoms with Crippen molar-refractivity contribution < 1.29 is 4.84 Å². The first-order valence-corrected chi connectivity index (χ1v) is 6.14. The second kappa shape index (κ2) is 4.35. The van der Waals surface area contributed by atoms with Crippen LogP contribution in [-0.4, -0.2) is 0 Å². The van der Waals surface area contributed by atoms with E-state index >= 15 is 0 Å². The van der Waals surface area contributed by atoms with Gasteiger partial charge in [-0.3, -0.25) is 10.3 Å². The van der Waals surface area contributed by atoms with Crippen LogP contribution in [0.4, 0.5) is 11.4 Å². The molecule has 0 atom stereocenters. The van der Waals surface area contributed by atoms with Crippen LogP contribution in [0.5, 0.6) is 0 Å². The molecule has 3 N–H and O–H groups in total. The van der Waals surface area contributed by atoms with E-state index in [0.29, 0.717) is 0 Å². The number of para-hydroxylation sites is 2. The first-order valence-electron chi connectivity index (χ1n) is 6.14. The lowest BCUT2D eigenvalue weighted by atomic mass is 10.1. The Kier molecular flexibility index (Phi) is 2.68. The second-order valence-corrected chi connectivity index (χ2v) is 4.65. The van der Waals surface area contributed by atoms with Crippen LogP contribution < -0.4 is 11.2 Å². The lowest BCUT2D eigenvalue weighted by molar-refractivity contribution is 0.0767. The highest BCUT2D eigenvalue weighted by molar-refractivity contribution is 5.52. The highest BCUT2D eigenvalue weighted by atomic mass is 16.7. The Balaban J connectivity index is 1.75. The van der Waals surface area contributed by atoms with Crippen LogP contribution in [0.3, 0.4) is 0 Å². The normalized spacial score (nSPS) is 16.2. The van der Waals surface area contributed by atoms with Crippen LogP contribution in [0.15, 0.2) is 54.6 Å². The van der Waals surface area contributed by atoms with Crippen LogP contribution >= 0.6 is 0 Å². The molecule has 1 saturated carbocycles. The van der Waals surface area contributed by atoms with Gasteiger partial charge in [0, 0.05) is 11.3 Å². The standard InChI is InChI=1S/C15H16N2O/c16-14-9-5-4-8-13(14)15(10-11-15)18-17-12-6-2-1-3-7-12/h1-9,17H,10-11,16H2. The number of hydrogen-bond donors (Lipinski definition) is 2. The lowest BCUT2D eigenvalue weighted by Gasteiger charge is -2.19. The van der Waals surface area contributed by atoms with Gasteiger partial charge in [0.2, 0.25) is 0 Å². The van der Waals surface area contributed by atoms with E-state index in [1.54, 1.807) is 0 Å². The summed E-state index contributed by atoms with van der Waals surface area (Å²) in [6, 6.07) is 17.8. The molecule has 2 aromatic rings. The maximum absolute atomic E-state index is 6.01. The molecule has 0 unspecified atom stereocenters. The average Bonchev–Trinajstić information content (AvgIpc) is 3.19. The van der Waals surface area contributed by atoms with Crippen molar-refractivity contribution in [3.63, 3.8) is 0 Å². The van der Waals surface area contributed by atoms with E-state index in [-0.39, 0.29) is 5.60 Å². The summed E-state index contributed by atoms with van der Waals surface area (Å²) in [6.07, 6.45) is 2.00. The molecule has 3 rings (SSSR count). The van der Waals surface area contributed by atoms with Gasteiger partial charge in [-0.25, -0.2) is 0 Å². The Bertz CT molecular complexity index is 535. The Hall–Kier alpha value is -2.00. The fourth-order valence-electron chi connectivity index (χ4n) is 2.11. The summed E-state index contributed by atoms with van der Waals surface area (Å²) in [4.78, 5) is 5.86. The number of nitrogens with two attached hydrogens (primary N) is 1. The first kappa shape index (κ1) is 11.1. The molecule has 92 valence electrons. The molecule has 1 fully saturated rings. The predicted molar refractivity (Wildman–Crippen MR) is 72.9 cm³/mol. The average molecular weight is 240 g/mol. The summed E-state index contributed by atoms with van der Waals surface area (Å²) in [5.41, 5.74) is 11.6. The molecule has 0 bridgehead atoms. The Labute approximate surface area is 107 Å². The molecular formula is C15H16N2O. The molecule has 1 aliphatic rings. The van der Waals surface area contributed by atoms with Gasteiger partial charge in [-0.05, 0) is 31.0 Å². The number of nitrogen functional groups attached to an aromatic ring is 1. The zero-order chi connectivity index (χ0) is 12.4. The van der Waals surface area contributed by atoms with Gasteiger partial charge in [0.1, 0.15) is 5.60 Å². The Morgan fingerprint density at radius 1 is 0.944 bits per heavy atom. The second-order valence-electron chi connectivity index (χ2n) is 4.65. The van der Waals surface area contributed by atoms with E-state index in [0.717, 1.165) is 29.8 Å². The maximum atomic E-state index is 6.01. The third-order valence-electron chi connectivity index (χ3n) is 3.29. The highest BCUT2D eigenvalue weighted by Gasteiger charge is 2.48. The summed E-state index contributed by atoms with van der Waals surface area (Å²) in [7, 11) is 0. The third kappa shape index (κ3) is 2.05. The topological polar surface area (TPSA) is 47.3 Å². The third-order valence-corrected chi connectivity index (χ3v) is 3.29. The van der Waals surface area contributed by atoms with Gasteiger partial charge in [0.05, 0.1) is 5.69 Å². The minimum Gasteiger partial charge on any atom is -0.398 e. The van der Waals surface area contributed by atoms with E-state index in [9.17, 15) is 0 Å². The van der Waals surface area contributed by atoms with Crippen molar-refractivity contribution in [3.05, 3.63) is 60.2 Å². The lowest BCUT2D eigenvalue weighted by Crippen LogP contribution is -2.18. The Morgan fingerprint density at radius 3 is 2.28 bits per heavy atom. The summed E-state index contributed by atoms with van der Waals surface area (Å²) >= 11 is 0. The van der Waals surface area contributed by atoms with Crippen LogP contribution in [0, 0.1) is 0 Å². The molecule has 0 aromatic heterocycles. The minimum absolute atomic E-state index is 0.249. The summed E-state index contributed by atoms with van der Waals surface area (Å²) in [6.45, 7) is 0. The quantitative estimate of drug-likeness (QED) is 0.636. The maximum Gasteiger partial charge on any atom is 0.123 e. The zero-order valence-electron chi connectivity index (χ0n) is 10.1. The van der Waals surface area contributed by atoms with E-state index in [1.807, 2.05) is 54.6 Å². The SMILES string of the molecule is Nc1ccccc1C1(ONc2ccccc2)CC1. The predicted octanol–water partition coefficient (Wildman–Crippen LogP) is 3.30. The van der Waals surface area contributed by atoms with Crippen LogP contribution in [0.25, 0.3) is 0 Å². The van der Waals surface area contributed by atoms with Crippen molar-refractivity contribution in [1.82, 2.24) is 0 Å². The van der Waals surface area contributed by atoms with Crippen molar-refractivity contribution in [2.24, 2.45) is 0 Å². The first-order chi connectivity index (χ1) is 8.80. The molecule has 18 heavy (non-hydrogen) atoms. The van der Waals surface area contributed by atoms with Gasteiger partial charge < -0.3 is 5.73 Å². The van der Waals surface area contributed by atoms with E-state index in [2.05, 4.69) is 5.48 Å². The molecule has 0 spiro atoms. The van der Waals surface area contributed by atoms with Crippen molar-refractivity contribution in [1.29, 1.82) is 0 Å². The van der Waals surface area contributed by atoms with Gasteiger partial charge in [-0.2, -0.15) is 0 Å². The van der Waals surface area contributed by atoms with Crippen molar-refractivity contribution in [2.45, 2.75) is 18.4 Å². The van der Waals surface area contributed by atoms with Crippen LogP contribution in [0.2, 0.25) is 0 Å². The molecule has 3 heteroatoms. The summed E-state index contributed by atoms with van der Waals surface area (Å²) in [5.74, 6) is 0. The minimum atomic E-state index is -0.249. The number of rotatable bonds is 4. The molecule has 0 aliphatic heterocycles. The fraction of sp³-hybridized carbons (Fsp3) is 0.200. The molecular weight excluding hydrogens is 224 g/mol. The number of nitrogens with one attached hydrogen (secondary N) is 1. The molecule has 0 amide bonds. The molecule has 0 heterocycles. The fourth-order valence-corrected chi connectivity index (χ4v) is 2.11. The van der Waals surface area contributed by atoms with Gasteiger partial charge in [0.15, 0.2) is 0 Å². The van der Waals surface area contributed by atoms with E-state index in [4.69, 9.17) is 10.6 Å². The van der Waals surface area contributed by atoms with Gasteiger partial charge in [-0.15, -0.1) is 0 Å². The van der Waals surface area contributed by atoms with Crippen molar-refractivity contribution in [2.75, 3.05) is 11.2 Å². The largest absolute Gasteiger partial charge is 0.398 e. The Morgan fingerprint density at radius 2 is 1.61 bits per heavy atom. The number of hydrogen-bond acceptors (Lipinski definition) is 3. The van der Waals surface area contributed by atoms with E-state index < -0.39 is 0 Å². The molecule has 0 saturated heterocycles. The number of anilines is 2. The number of benzene rings is 2. The zero-order valence-corrected chi connectivity index (χ0v) is 10.1. The highest BCUT2D eigenvalue weighted by Crippen LogP contribution is 2.50. The molecule has 1 aliphatic carbocycles. The smallest absolute Gasteiger partial charge is 0.123 e. The molecule has 2 aromatic carbocycles. The molecule has 0 radical (unpaired) electrons.